The minimum Gasteiger partial charge on any atom is -0.494 e. The summed E-state index contributed by atoms with van der Waals surface area (Å²) in [5.74, 6) is 0.326. The highest BCUT2D eigenvalue weighted by Gasteiger charge is 2.03. The Morgan fingerprint density at radius 2 is 2.36 bits per heavy atom. The van der Waals surface area contributed by atoms with Crippen LogP contribution in [0.3, 0.4) is 0 Å². The summed E-state index contributed by atoms with van der Waals surface area (Å²) in [4.78, 5) is 0. The number of hydrogen-bond donors (Lipinski definition) is 2. The highest BCUT2D eigenvalue weighted by Crippen LogP contribution is 2.20. The minimum atomic E-state index is -0.394. The normalized spacial score (nSPS) is 9.86. The van der Waals surface area contributed by atoms with Crippen molar-refractivity contribution in [2.24, 2.45) is 5.73 Å². The molecule has 0 aromatic heterocycles. The van der Waals surface area contributed by atoms with Crippen LogP contribution in [0.5, 0.6) is 5.75 Å². The number of nitrogens with two attached hydrogens (primary N) is 1. The van der Waals surface area contributed by atoms with E-state index in [1.54, 1.807) is 12.1 Å². The molecule has 1 aromatic carbocycles. The first-order valence-electron chi connectivity index (χ1n) is 3.92. The van der Waals surface area contributed by atoms with Gasteiger partial charge in [-0.2, -0.15) is 0 Å². The van der Waals surface area contributed by atoms with Gasteiger partial charge < -0.3 is 10.5 Å². The van der Waals surface area contributed by atoms with Crippen molar-refractivity contribution in [1.82, 2.24) is 0 Å². The van der Waals surface area contributed by atoms with Crippen LogP contribution in [0.15, 0.2) is 18.2 Å². The van der Waals surface area contributed by atoms with Crippen LogP contribution in [0.2, 0.25) is 0 Å². The number of halogens is 1. The van der Waals surface area contributed by atoms with Gasteiger partial charge in [-0.05, 0) is 17.7 Å². The van der Waals surface area contributed by atoms with Crippen molar-refractivity contribution >= 4 is 16.9 Å². The van der Waals surface area contributed by atoms with Gasteiger partial charge in [-0.1, -0.05) is 17.8 Å². The monoisotopic (exact) mass is 214 g/mol. The molecule has 76 valence electrons. The molecular weight excluding hydrogens is 203 g/mol. The molecule has 1 aromatic rings. The van der Waals surface area contributed by atoms with Crippen LogP contribution < -0.4 is 10.5 Å². The van der Waals surface area contributed by atoms with Crippen molar-refractivity contribution in [1.29, 1.82) is 5.41 Å². The molecule has 0 unspecified atom stereocenters. The molecule has 0 spiro atoms. The molecule has 0 amide bonds. The Kier molecular flexibility index (Phi) is 3.76. The summed E-state index contributed by atoms with van der Waals surface area (Å²) in [7, 11) is 1.42. The highest BCUT2D eigenvalue weighted by atomic mass is 32.2. The number of methoxy groups -OCH3 is 1. The molecule has 0 radical (unpaired) electrons. The number of nitrogens with one attached hydrogen (secondary N) is 1. The molecule has 0 aliphatic carbocycles. The highest BCUT2D eigenvalue weighted by molar-refractivity contribution is 8.13. The second-order valence-electron chi connectivity index (χ2n) is 2.62. The molecule has 5 heteroatoms. The number of rotatable bonds is 3. The van der Waals surface area contributed by atoms with Gasteiger partial charge in [-0.25, -0.2) is 4.39 Å². The topological polar surface area (TPSA) is 59.1 Å². The third-order valence-corrected chi connectivity index (χ3v) is 2.40. The molecule has 14 heavy (non-hydrogen) atoms. The molecule has 0 atom stereocenters. The third kappa shape index (κ3) is 2.92. The Morgan fingerprint density at radius 1 is 1.64 bits per heavy atom. The van der Waals surface area contributed by atoms with Crippen LogP contribution in [-0.2, 0) is 5.75 Å². The van der Waals surface area contributed by atoms with Crippen LogP contribution in [0.25, 0.3) is 0 Å². The first-order valence-corrected chi connectivity index (χ1v) is 4.91. The summed E-state index contributed by atoms with van der Waals surface area (Å²) in [6.07, 6.45) is 0. The average molecular weight is 214 g/mol. The van der Waals surface area contributed by atoms with E-state index in [0.717, 1.165) is 17.3 Å². The van der Waals surface area contributed by atoms with E-state index in [4.69, 9.17) is 15.9 Å². The van der Waals surface area contributed by atoms with Gasteiger partial charge >= 0.3 is 0 Å². The average Bonchev–Trinajstić information content (AvgIpc) is 2.15. The molecule has 0 fully saturated rings. The predicted molar refractivity (Wildman–Crippen MR) is 56.2 cm³/mol. The van der Waals surface area contributed by atoms with Gasteiger partial charge in [-0.3, -0.25) is 5.41 Å². The lowest BCUT2D eigenvalue weighted by atomic mass is 10.2. The maximum absolute atomic E-state index is 13.2. The van der Waals surface area contributed by atoms with Crippen LogP contribution in [0, 0.1) is 11.2 Å². The largest absolute Gasteiger partial charge is 0.494 e. The fraction of sp³-hybridized carbons (Fsp3) is 0.222. The van der Waals surface area contributed by atoms with Crippen molar-refractivity contribution in [2.45, 2.75) is 5.75 Å². The van der Waals surface area contributed by atoms with Crippen LogP contribution in [0.4, 0.5) is 4.39 Å². The zero-order valence-electron chi connectivity index (χ0n) is 7.71. The van der Waals surface area contributed by atoms with E-state index in [1.807, 2.05) is 0 Å². The lowest BCUT2D eigenvalue weighted by Crippen LogP contribution is -2.03. The minimum absolute atomic E-state index is 0.0289. The molecule has 0 saturated heterocycles. The molecule has 3 N–H and O–H groups in total. The van der Waals surface area contributed by atoms with Gasteiger partial charge in [0.15, 0.2) is 16.7 Å². The van der Waals surface area contributed by atoms with E-state index < -0.39 is 5.82 Å². The summed E-state index contributed by atoms with van der Waals surface area (Å²) in [6.45, 7) is 0. The molecule has 0 bridgehead atoms. The van der Waals surface area contributed by atoms with Crippen molar-refractivity contribution in [3.8, 4) is 5.75 Å². The molecule has 0 heterocycles. The maximum atomic E-state index is 13.2. The maximum Gasteiger partial charge on any atom is 0.165 e. The molecule has 0 saturated carbocycles. The SMILES string of the molecule is COc1ccc(CSC(=N)N)cc1F. The molecule has 0 aliphatic rings. The summed E-state index contributed by atoms with van der Waals surface area (Å²) in [5.41, 5.74) is 5.94. The van der Waals surface area contributed by atoms with Crippen LogP contribution >= 0.6 is 11.8 Å². The summed E-state index contributed by atoms with van der Waals surface area (Å²) in [5, 5.41) is 7.03. The Morgan fingerprint density at radius 3 is 2.86 bits per heavy atom. The fourth-order valence-corrected chi connectivity index (χ4v) is 1.46. The van der Waals surface area contributed by atoms with Crippen LogP contribution in [0.1, 0.15) is 5.56 Å². The summed E-state index contributed by atoms with van der Waals surface area (Å²) in [6, 6.07) is 4.69. The Labute approximate surface area is 86.0 Å². The van der Waals surface area contributed by atoms with E-state index in [2.05, 4.69) is 0 Å². The summed E-state index contributed by atoms with van der Waals surface area (Å²) >= 11 is 1.16. The fourth-order valence-electron chi connectivity index (χ4n) is 0.961. The number of amidine groups is 1. The second kappa shape index (κ2) is 4.85. The van der Waals surface area contributed by atoms with Gasteiger partial charge in [0, 0.05) is 5.75 Å². The zero-order chi connectivity index (χ0) is 10.6. The first kappa shape index (κ1) is 10.8. The van der Waals surface area contributed by atoms with Crippen molar-refractivity contribution in [3.63, 3.8) is 0 Å². The van der Waals surface area contributed by atoms with Gasteiger partial charge in [0.2, 0.25) is 0 Å². The Hall–Kier alpha value is -1.23. The second-order valence-corrected chi connectivity index (χ2v) is 3.64. The Bertz CT molecular complexity index is 344. The third-order valence-electron chi connectivity index (χ3n) is 1.61. The quantitative estimate of drug-likeness (QED) is 0.597. The van der Waals surface area contributed by atoms with Gasteiger partial charge in [-0.15, -0.1) is 0 Å². The van der Waals surface area contributed by atoms with Gasteiger partial charge in [0.05, 0.1) is 7.11 Å². The first-order chi connectivity index (χ1) is 6.63. The van der Waals surface area contributed by atoms with Crippen molar-refractivity contribution in [3.05, 3.63) is 29.6 Å². The molecule has 1 rings (SSSR count). The summed E-state index contributed by atoms with van der Waals surface area (Å²) < 4.78 is 17.9. The zero-order valence-corrected chi connectivity index (χ0v) is 8.53. The van der Waals surface area contributed by atoms with E-state index in [9.17, 15) is 4.39 Å². The van der Waals surface area contributed by atoms with E-state index in [-0.39, 0.29) is 10.9 Å². The van der Waals surface area contributed by atoms with Crippen LogP contribution in [-0.4, -0.2) is 12.3 Å². The lowest BCUT2D eigenvalue weighted by molar-refractivity contribution is 0.386. The molecule has 3 nitrogen and oxygen atoms in total. The molecular formula is C9H11FN2OS. The number of ether oxygens (including phenoxy) is 1. The van der Waals surface area contributed by atoms with Gasteiger partial charge in [0.25, 0.3) is 0 Å². The van der Waals surface area contributed by atoms with Crippen molar-refractivity contribution < 1.29 is 9.13 Å². The Balaban J connectivity index is 2.71. The standard InChI is InChI=1S/C9H11FN2OS/c1-13-8-3-2-6(4-7(8)10)5-14-9(11)12/h2-4H,5H2,1H3,(H3,11,12). The van der Waals surface area contributed by atoms with Crippen molar-refractivity contribution in [2.75, 3.05) is 7.11 Å². The smallest absolute Gasteiger partial charge is 0.165 e. The van der Waals surface area contributed by atoms with E-state index >= 15 is 0 Å². The number of hydrogen-bond acceptors (Lipinski definition) is 3. The van der Waals surface area contributed by atoms with Gasteiger partial charge in [0.1, 0.15) is 0 Å². The predicted octanol–water partition coefficient (Wildman–Crippen LogP) is 1.96. The number of thioether (sulfide) groups is 1. The molecule has 0 aliphatic heterocycles. The lowest BCUT2D eigenvalue weighted by Gasteiger charge is -2.04. The van der Waals surface area contributed by atoms with E-state index in [0.29, 0.717) is 5.75 Å². The van der Waals surface area contributed by atoms with E-state index in [1.165, 1.54) is 13.2 Å². The number of benzene rings is 1.